The molecule has 0 aliphatic rings. The van der Waals surface area contributed by atoms with Gasteiger partial charge in [0.15, 0.2) is 0 Å². The second-order valence-electron chi connectivity index (χ2n) is 3.77. The van der Waals surface area contributed by atoms with Crippen molar-refractivity contribution in [3.63, 3.8) is 0 Å². The van der Waals surface area contributed by atoms with Gasteiger partial charge in [0.2, 0.25) is 0 Å². The van der Waals surface area contributed by atoms with Crippen LogP contribution in [0.4, 0.5) is 13.2 Å². The van der Waals surface area contributed by atoms with Crippen LogP contribution in [0.5, 0.6) is 0 Å². The minimum Gasteiger partial charge on any atom is -0.303 e. The van der Waals surface area contributed by atoms with Crippen LogP contribution in [0.15, 0.2) is 30.3 Å². The van der Waals surface area contributed by atoms with Crippen molar-refractivity contribution < 1.29 is 13.2 Å². The zero-order valence-electron chi connectivity index (χ0n) is 9.51. The van der Waals surface area contributed by atoms with Gasteiger partial charge in [0, 0.05) is 11.6 Å². The lowest BCUT2D eigenvalue weighted by Crippen LogP contribution is -2.31. The van der Waals surface area contributed by atoms with E-state index in [-0.39, 0.29) is 6.54 Å². The molecule has 0 heterocycles. The standard InChI is InChI=1S/C13H14F3N/c1-11(10-13(14,15)16)17-9-5-8-12-6-3-2-4-7-12/h2-4,6-7,11,17H,9-10H2,1H3. The van der Waals surface area contributed by atoms with Gasteiger partial charge in [0.05, 0.1) is 13.0 Å². The number of hydrogen-bond donors (Lipinski definition) is 1. The Labute approximate surface area is 99.0 Å². The van der Waals surface area contributed by atoms with Gasteiger partial charge in [0.1, 0.15) is 0 Å². The van der Waals surface area contributed by atoms with E-state index in [4.69, 9.17) is 0 Å². The monoisotopic (exact) mass is 241 g/mol. The third-order valence-corrected chi connectivity index (χ3v) is 2.08. The fourth-order valence-corrected chi connectivity index (χ4v) is 1.31. The number of benzene rings is 1. The van der Waals surface area contributed by atoms with Gasteiger partial charge < -0.3 is 5.32 Å². The van der Waals surface area contributed by atoms with Gasteiger partial charge >= 0.3 is 6.18 Å². The summed E-state index contributed by atoms with van der Waals surface area (Å²) in [6.07, 6.45) is -4.96. The number of nitrogens with one attached hydrogen (secondary N) is 1. The van der Waals surface area contributed by atoms with E-state index in [1.165, 1.54) is 6.92 Å². The largest absolute Gasteiger partial charge is 0.390 e. The van der Waals surface area contributed by atoms with E-state index in [1.807, 2.05) is 30.3 Å². The van der Waals surface area contributed by atoms with Crippen molar-refractivity contribution in [2.75, 3.05) is 6.54 Å². The lowest BCUT2D eigenvalue weighted by Gasteiger charge is -2.13. The molecular formula is C13H14F3N. The highest BCUT2D eigenvalue weighted by atomic mass is 19.4. The zero-order chi connectivity index (χ0) is 12.7. The Hall–Kier alpha value is -1.47. The van der Waals surface area contributed by atoms with E-state index < -0.39 is 18.6 Å². The first-order valence-electron chi connectivity index (χ1n) is 5.31. The average molecular weight is 241 g/mol. The normalized spacial score (nSPS) is 12.7. The van der Waals surface area contributed by atoms with Gasteiger partial charge in [-0.25, -0.2) is 0 Å². The smallest absolute Gasteiger partial charge is 0.303 e. The Kier molecular flexibility index (Phi) is 5.05. The average Bonchev–Trinajstić information content (AvgIpc) is 2.23. The first-order valence-corrected chi connectivity index (χ1v) is 5.31. The van der Waals surface area contributed by atoms with Crippen LogP contribution in [0.2, 0.25) is 0 Å². The minimum absolute atomic E-state index is 0.256. The molecule has 1 N–H and O–H groups in total. The molecule has 1 aromatic rings. The lowest BCUT2D eigenvalue weighted by molar-refractivity contribution is -0.138. The quantitative estimate of drug-likeness (QED) is 0.802. The molecular weight excluding hydrogens is 227 g/mol. The highest BCUT2D eigenvalue weighted by Gasteiger charge is 2.29. The summed E-state index contributed by atoms with van der Waals surface area (Å²) in [5.74, 6) is 5.66. The number of rotatable bonds is 3. The molecule has 17 heavy (non-hydrogen) atoms. The number of alkyl halides is 3. The third kappa shape index (κ3) is 6.64. The van der Waals surface area contributed by atoms with Crippen molar-refractivity contribution in [1.82, 2.24) is 5.32 Å². The molecule has 0 spiro atoms. The summed E-state index contributed by atoms with van der Waals surface area (Å²) < 4.78 is 36.0. The van der Waals surface area contributed by atoms with Crippen LogP contribution < -0.4 is 5.32 Å². The minimum atomic E-state index is -4.13. The SMILES string of the molecule is CC(CC(F)(F)F)NCC#Cc1ccccc1. The van der Waals surface area contributed by atoms with Crippen LogP contribution in [0.3, 0.4) is 0 Å². The molecule has 0 aliphatic heterocycles. The van der Waals surface area contributed by atoms with Crippen LogP contribution in [-0.4, -0.2) is 18.8 Å². The van der Waals surface area contributed by atoms with Crippen molar-refractivity contribution in [3.8, 4) is 11.8 Å². The van der Waals surface area contributed by atoms with Gasteiger partial charge in [-0.1, -0.05) is 30.0 Å². The summed E-state index contributed by atoms with van der Waals surface area (Å²) in [4.78, 5) is 0. The third-order valence-electron chi connectivity index (χ3n) is 2.08. The van der Waals surface area contributed by atoms with Gasteiger partial charge in [-0.2, -0.15) is 13.2 Å². The Balaban J connectivity index is 2.31. The first-order chi connectivity index (χ1) is 7.97. The van der Waals surface area contributed by atoms with Gasteiger partial charge in [-0.3, -0.25) is 0 Å². The molecule has 0 aliphatic carbocycles. The summed E-state index contributed by atoms with van der Waals surface area (Å²) in [6.45, 7) is 1.75. The van der Waals surface area contributed by atoms with Gasteiger partial charge in [-0.05, 0) is 19.1 Å². The summed E-state index contributed by atoms with van der Waals surface area (Å²) in [5.41, 5.74) is 0.859. The van der Waals surface area contributed by atoms with Crippen molar-refractivity contribution >= 4 is 0 Å². The van der Waals surface area contributed by atoms with Crippen molar-refractivity contribution in [3.05, 3.63) is 35.9 Å². The highest BCUT2D eigenvalue weighted by molar-refractivity contribution is 5.33. The number of hydrogen-bond acceptors (Lipinski definition) is 1. The maximum Gasteiger partial charge on any atom is 0.390 e. The van der Waals surface area contributed by atoms with Gasteiger partial charge in [0.25, 0.3) is 0 Å². The van der Waals surface area contributed by atoms with E-state index in [0.717, 1.165) is 5.56 Å². The molecule has 0 aromatic heterocycles. The maximum absolute atomic E-state index is 12.0. The molecule has 1 aromatic carbocycles. The predicted molar refractivity (Wildman–Crippen MR) is 61.5 cm³/mol. The molecule has 0 saturated carbocycles. The topological polar surface area (TPSA) is 12.0 Å². The lowest BCUT2D eigenvalue weighted by atomic mass is 10.2. The zero-order valence-corrected chi connectivity index (χ0v) is 9.51. The Morgan fingerprint density at radius 2 is 1.88 bits per heavy atom. The second kappa shape index (κ2) is 6.31. The summed E-state index contributed by atoms with van der Waals surface area (Å²) in [5, 5.41) is 2.72. The van der Waals surface area contributed by atoms with E-state index in [0.29, 0.717) is 0 Å². The maximum atomic E-state index is 12.0. The van der Waals surface area contributed by atoms with Crippen molar-refractivity contribution in [1.29, 1.82) is 0 Å². The van der Waals surface area contributed by atoms with Gasteiger partial charge in [-0.15, -0.1) is 0 Å². The molecule has 0 bridgehead atoms. The van der Waals surface area contributed by atoms with E-state index in [9.17, 15) is 13.2 Å². The molecule has 0 saturated heterocycles. The molecule has 4 heteroatoms. The Morgan fingerprint density at radius 3 is 2.47 bits per heavy atom. The Bertz CT molecular complexity index is 387. The summed E-state index contributed by atoms with van der Waals surface area (Å²) in [7, 11) is 0. The van der Waals surface area contributed by atoms with Crippen molar-refractivity contribution in [2.45, 2.75) is 25.6 Å². The van der Waals surface area contributed by atoms with Crippen LogP contribution in [0.1, 0.15) is 18.9 Å². The fourth-order valence-electron chi connectivity index (χ4n) is 1.31. The molecule has 0 amide bonds. The molecule has 1 rings (SSSR count). The molecule has 0 fully saturated rings. The summed E-state index contributed by atoms with van der Waals surface area (Å²) >= 11 is 0. The molecule has 1 nitrogen and oxygen atoms in total. The van der Waals surface area contributed by atoms with Crippen LogP contribution in [0.25, 0.3) is 0 Å². The molecule has 92 valence electrons. The predicted octanol–water partition coefficient (Wildman–Crippen LogP) is 2.97. The summed E-state index contributed by atoms with van der Waals surface area (Å²) in [6, 6.07) is 8.71. The van der Waals surface area contributed by atoms with Crippen molar-refractivity contribution in [2.24, 2.45) is 0 Å². The van der Waals surface area contributed by atoms with E-state index >= 15 is 0 Å². The fraction of sp³-hybridized carbons (Fsp3) is 0.385. The second-order valence-corrected chi connectivity index (χ2v) is 3.77. The van der Waals surface area contributed by atoms with Crippen LogP contribution in [0, 0.1) is 11.8 Å². The highest BCUT2D eigenvalue weighted by Crippen LogP contribution is 2.20. The van der Waals surface area contributed by atoms with Crippen LogP contribution >= 0.6 is 0 Å². The first kappa shape index (κ1) is 13.6. The molecule has 1 unspecified atom stereocenters. The molecule has 0 radical (unpaired) electrons. The van der Waals surface area contributed by atoms with E-state index in [2.05, 4.69) is 17.2 Å². The van der Waals surface area contributed by atoms with E-state index in [1.54, 1.807) is 0 Å². The van der Waals surface area contributed by atoms with Crippen LogP contribution in [-0.2, 0) is 0 Å². The Morgan fingerprint density at radius 1 is 1.24 bits per heavy atom. The molecule has 1 atom stereocenters. The number of halogens is 3.